The van der Waals surface area contributed by atoms with E-state index in [1.54, 1.807) is 0 Å². The summed E-state index contributed by atoms with van der Waals surface area (Å²) in [5.41, 5.74) is 10.4. The first-order chi connectivity index (χ1) is 20.8. The van der Waals surface area contributed by atoms with E-state index >= 15 is 0 Å². The Bertz CT molecular complexity index is 1860. The molecule has 1 aromatic heterocycles. The maximum atomic E-state index is 12.8. The van der Waals surface area contributed by atoms with Crippen molar-refractivity contribution in [2.24, 2.45) is 0 Å². The number of fused-ring (bicyclic) bond motifs is 4. The van der Waals surface area contributed by atoms with E-state index in [0.717, 1.165) is 33.4 Å². The Balaban J connectivity index is 1.11. The fraction of sp³-hybridized carbons (Fsp3) is 0.0789. The van der Waals surface area contributed by atoms with Crippen LogP contribution < -0.4 is 5.32 Å². The number of rotatable bonds is 7. The summed E-state index contributed by atoms with van der Waals surface area (Å²) in [5, 5.41) is 4.07. The van der Waals surface area contributed by atoms with E-state index in [-0.39, 0.29) is 5.92 Å². The number of hydrogen-bond acceptors (Lipinski definition) is 2. The van der Waals surface area contributed by atoms with Crippen LogP contribution in [0.2, 0.25) is 0 Å². The van der Waals surface area contributed by atoms with Crippen LogP contribution in [-0.4, -0.2) is 23.8 Å². The van der Waals surface area contributed by atoms with Gasteiger partial charge >= 0.3 is 6.09 Å². The minimum atomic E-state index is -0.420. The third-order valence-electron chi connectivity index (χ3n) is 7.97. The Kier molecular flexibility index (Phi) is 6.87. The molecule has 1 N–H and O–H groups in total. The second-order valence-corrected chi connectivity index (χ2v) is 10.4. The van der Waals surface area contributed by atoms with Gasteiger partial charge in [-0.1, -0.05) is 127 Å². The van der Waals surface area contributed by atoms with Crippen LogP contribution in [-0.2, 0) is 4.74 Å². The number of alkyl carbamates (subject to hydrolysis) is 1. The highest BCUT2D eigenvalue weighted by Crippen LogP contribution is 2.44. The number of para-hydroxylation sites is 2. The zero-order valence-corrected chi connectivity index (χ0v) is 23.1. The fourth-order valence-corrected chi connectivity index (χ4v) is 6.13. The number of nitrogens with zero attached hydrogens (tertiary/aromatic N) is 1. The molecule has 0 atom stereocenters. The Labute approximate surface area is 245 Å². The lowest BCUT2D eigenvalue weighted by Gasteiger charge is -2.14. The van der Waals surface area contributed by atoms with Crippen LogP contribution in [0.4, 0.5) is 4.79 Å². The highest BCUT2D eigenvalue weighted by atomic mass is 16.5. The molecular formula is C38H30N2O2. The van der Waals surface area contributed by atoms with Crippen molar-refractivity contribution in [2.75, 3.05) is 13.2 Å². The fourth-order valence-electron chi connectivity index (χ4n) is 6.13. The molecule has 4 heteroatoms. The van der Waals surface area contributed by atoms with E-state index in [9.17, 15) is 4.79 Å². The van der Waals surface area contributed by atoms with E-state index in [1.165, 1.54) is 22.3 Å². The summed E-state index contributed by atoms with van der Waals surface area (Å²) in [5.74, 6) is 0.0382. The SMILES string of the molecule is O=C(NCC=Cc1c(-c2ccccc2)n(-c2ccccc2)c2ccccc12)OCC1c2ccccc2-c2ccccc21. The molecule has 42 heavy (non-hydrogen) atoms. The topological polar surface area (TPSA) is 43.3 Å². The second-order valence-electron chi connectivity index (χ2n) is 10.4. The van der Waals surface area contributed by atoms with Crippen molar-refractivity contribution < 1.29 is 9.53 Å². The molecule has 4 nitrogen and oxygen atoms in total. The maximum Gasteiger partial charge on any atom is 0.407 e. The van der Waals surface area contributed by atoms with Crippen molar-refractivity contribution in [1.82, 2.24) is 9.88 Å². The Hall–Kier alpha value is -5.35. The highest BCUT2D eigenvalue weighted by molar-refractivity contribution is 5.99. The average molecular weight is 547 g/mol. The molecule has 1 aliphatic carbocycles. The Morgan fingerprint density at radius 1 is 0.714 bits per heavy atom. The minimum absolute atomic E-state index is 0.0382. The lowest BCUT2D eigenvalue weighted by molar-refractivity contribution is 0.144. The van der Waals surface area contributed by atoms with Gasteiger partial charge in [-0.25, -0.2) is 4.79 Å². The first-order valence-corrected chi connectivity index (χ1v) is 14.3. The standard InChI is InChI=1S/C38H30N2O2/c41-38(42-26-35-31-20-9-7-18-29(31)30-19-8-10-21-32(30)35)39-25-13-23-34-33-22-11-12-24-36(33)40(28-16-5-2-6-17-28)37(34)27-14-3-1-4-15-27/h1-24,35H,25-26H2,(H,39,41). The van der Waals surface area contributed by atoms with Crippen molar-refractivity contribution in [3.05, 3.63) is 156 Å². The third kappa shape index (κ3) is 4.67. The molecule has 6 aromatic rings. The third-order valence-corrected chi connectivity index (χ3v) is 7.97. The number of carbonyl (C=O) groups excluding carboxylic acids is 1. The molecule has 0 unspecified atom stereocenters. The van der Waals surface area contributed by atoms with Crippen LogP contribution in [0.25, 0.3) is 45.1 Å². The first kappa shape index (κ1) is 25.6. The highest BCUT2D eigenvalue weighted by Gasteiger charge is 2.29. The van der Waals surface area contributed by atoms with Gasteiger partial charge in [-0.2, -0.15) is 0 Å². The summed E-state index contributed by atoms with van der Waals surface area (Å²) in [4.78, 5) is 12.8. The van der Waals surface area contributed by atoms with Crippen LogP contribution >= 0.6 is 0 Å². The van der Waals surface area contributed by atoms with Crippen molar-refractivity contribution >= 4 is 23.1 Å². The van der Waals surface area contributed by atoms with Gasteiger partial charge in [0.2, 0.25) is 0 Å². The number of carbonyl (C=O) groups is 1. The van der Waals surface area contributed by atoms with Crippen molar-refractivity contribution in [2.45, 2.75) is 5.92 Å². The Morgan fingerprint density at radius 2 is 1.31 bits per heavy atom. The number of nitrogens with one attached hydrogen (secondary N) is 1. The number of benzene rings is 5. The largest absolute Gasteiger partial charge is 0.449 e. The van der Waals surface area contributed by atoms with Crippen LogP contribution in [0.1, 0.15) is 22.6 Å². The summed E-state index contributed by atoms with van der Waals surface area (Å²) in [6, 6.07) is 46.0. The van der Waals surface area contributed by atoms with E-state index in [4.69, 9.17) is 4.74 Å². The molecule has 0 fully saturated rings. The normalized spacial score (nSPS) is 12.4. The molecule has 0 bridgehead atoms. The second kappa shape index (κ2) is 11.3. The predicted octanol–water partition coefficient (Wildman–Crippen LogP) is 8.85. The zero-order chi connectivity index (χ0) is 28.3. The minimum Gasteiger partial charge on any atom is -0.449 e. The van der Waals surface area contributed by atoms with Crippen LogP contribution in [0.5, 0.6) is 0 Å². The lowest BCUT2D eigenvalue weighted by Crippen LogP contribution is -2.26. The first-order valence-electron chi connectivity index (χ1n) is 14.3. The van der Waals surface area contributed by atoms with Gasteiger partial charge in [0.15, 0.2) is 0 Å². The molecule has 0 saturated heterocycles. The molecule has 1 heterocycles. The molecule has 0 spiro atoms. The zero-order valence-electron chi connectivity index (χ0n) is 23.1. The number of aromatic nitrogens is 1. The van der Waals surface area contributed by atoms with E-state index in [1.807, 2.05) is 30.3 Å². The van der Waals surface area contributed by atoms with Gasteiger partial charge in [-0.05, 0) is 46.0 Å². The van der Waals surface area contributed by atoms with Gasteiger partial charge in [-0.15, -0.1) is 0 Å². The monoisotopic (exact) mass is 546 g/mol. The molecule has 0 saturated carbocycles. The molecule has 0 radical (unpaired) electrons. The number of hydrogen-bond donors (Lipinski definition) is 1. The summed E-state index contributed by atoms with van der Waals surface area (Å²) >= 11 is 0. The molecule has 7 rings (SSSR count). The summed E-state index contributed by atoms with van der Waals surface area (Å²) < 4.78 is 8.04. The Morgan fingerprint density at radius 3 is 2.02 bits per heavy atom. The van der Waals surface area contributed by atoms with Crippen LogP contribution in [0, 0.1) is 0 Å². The predicted molar refractivity (Wildman–Crippen MR) is 171 cm³/mol. The van der Waals surface area contributed by atoms with Crippen LogP contribution in [0.15, 0.2) is 140 Å². The van der Waals surface area contributed by atoms with Crippen molar-refractivity contribution in [3.63, 3.8) is 0 Å². The quantitative estimate of drug-likeness (QED) is 0.217. The van der Waals surface area contributed by atoms with Gasteiger partial charge in [0.05, 0.1) is 11.2 Å². The van der Waals surface area contributed by atoms with E-state index in [0.29, 0.717) is 13.2 Å². The van der Waals surface area contributed by atoms with Gasteiger partial charge in [-0.3, -0.25) is 0 Å². The summed E-state index contributed by atoms with van der Waals surface area (Å²) in [6.45, 7) is 0.655. The van der Waals surface area contributed by atoms with Gasteiger partial charge in [0.1, 0.15) is 6.61 Å². The van der Waals surface area contributed by atoms with Crippen molar-refractivity contribution in [3.8, 4) is 28.1 Å². The molecular weight excluding hydrogens is 516 g/mol. The van der Waals surface area contributed by atoms with Gasteiger partial charge in [0.25, 0.3) is 0 Å². The molecule has 5 aromatic carbocycles. The lowest BCUT2D eigenvalue weighted by atomic mass is 9.98. The van der Waals surface area contributed by atoms with Crippen LogP contribution in [0.3, 0.4) is 0 Å². The number of amides is 1. The van der Waals surface area contributed by atoms with E-state index < -0.39 is 6.09 Å². The van der Waals surface area contributed by atoms with Gasteiger partial charge < -0.3 is 14.6 Å². The summed E-state index contributed by atoms with van der Waals surface area (Å²) in [6.07, 6.45) is 3.68. The van der Waals surface area contributed by atoms with Crippen molar-refractivity contribution in [1.29, 1.82) is 0 Å². The average Bonchev–Trinajstić information content (AvgIpc) is 3.56. The molecule has 0 aliphatic heterocycles. The molecule has 204 valence electrons. The molecule has 1 amide bonds. The van der Waals surface area contributed by atoms with E-state index in [2.05, 4.69) is 125 Å². The smallest absolute Gasteiger partial charge is 0.407 e. The number of ether oxygens (including phenoxy) is 1. The summed E-state index contributed by atoms with van der Waals surface area (Å²) in [7, 11) is 0. The maximum absolute atomic E-state index is 12.8. The van der Waals surface area contributed by atoms with Gasteiger partial charge in [0, 0.05) is 29.1 Å². The molecule has 1 aliphatic rings.